The molecular formula is C29H34ClN3O5. The van der Waals surface area contributed by atoms with E-state index in [-0.39, 0.29) is 24.3 Å². The van der Waals surface area contributed by atoms with Gasteiger partial charge in [-0.2, -0.15) is 0 Å². The van der Waals surface area contributed by atoms with Crippen molar-refractivity contribution in [1.82, 2.24) is 4.90 Å². The van der Waals surface area contributed by atoms with Gasteiger partial charge in [0.05, 0.1) is 40.8 Å². The fraction of sp³-hybridized carbons (Fsp3) is 0.483. The van der Waals surface area contributed by atoms with Crippen molar-refractivity contribution in [2.45, 2.75) is 63.3 Å². The minimum Gasteiger partial charge on any atom is -0.394 e. The number of aliphatic hydroxyl groups excluding tert-OH is 1. The number of anilines is 2. The summed E-state index contributed by atoms with van der Waals surface area (Å²) in [6.07, 6.45) is 1.48. The lowest BCUT2D eigenvalue weighted by Crippen LogP contribution is -2.56. The maximum absolute atomic E-state index is 14.2. The van der Waals surface area contributed by atoms with Crippen LogP contribution in [0.25, 0.3) is 0 Å². The van der Waals surface area contributed by atoms with Crippen LogP contribution in [0.1, 0.15) is 40.0 Å². The van der Waals surface area contributed by atoms with E-state index >= 15 is 0 Å². The average molecular weight is 540 g/mol. The normalized spacial score (nSPS) is 30.4. The van der Waals surface area contributed by atoms with E-state index in [9.17, 15) is 19.5 Å². The average Bonchev–Trinajstić information content (AvgIpc) is 3.45. The molecule has 3 heterocycles. The van der Waals surface area contributed by atoms with E-state index in [0.29, 0.717) is 35.7 Å². The van der Waals surface area contributed by atoms with E-state index in [4.69, 9.17) is 16.3 Å². The second-order valence-corrected chi connectivity index (χ2v) is 11.7. The smallest absolute Gasteiger partial charge is 0.250 e. The van der Waals surface area contributed by atoms with Crippen LogP contribution in [-0.2, 0) is 19.1 Å². The first-order chi connectivity index (χ1) is 18.1. The number of nitrogens with zero attached hydrogens (tertiary/aromatic N) is 1. The molecule has 3 amide bonds. The second kappa shape index (κ2) is 9.98. The van der Waals surface area contributed by atoms with Gasteiger partial charge in [0.2, 0.25) is 17.7 Å². The van der Waals surface area contributed by atoms with Gasteiger partial charge in [-0.1, -0.05) is 55.8 Å². The number of amides is 3. The Bertz CT molecular complexity index is 1240. The number of hydrogen-bond acceptors (Lipinski definition) is 5. The molecule has 0 aliphatic carbocycles. The predicted octanol–water partition coefficient (Wildman–Crippen LogP) is 4.09. The van der Waals surface area contributed by atoms with Gasteiger partial charge in [0.25, 0.3) is 0 Å². The molecule has 3 saturated heterocycles. The number of carbonyl (C=O) groups is 3. The Kier molecular flexibility index (Phi) is 7.00. The van der Waals surface area contributed by atoms with Crippen molar-refractivity contribution in [1.29, 1.82) is 0 Å². The highest BCUT2D eigenvalue weighted by atomic mass is 35.5. The van der Waals surface area contributed by atoms with E-state index in [1.54, 1.807) is 36.4 Å². The SMILES string of the molecule is CC(C)C[C@H](CO)N1C(=O)[C@@H]2[C@@H](C(=O)Nc3ccccc3)[C@@]3(C)CCC2(O3)C1C(=O)Nc1ccccc1Cl. The number of ether oxygens (including phenoxy) is 1. The van der Waals surface area contributed by atoms with Crippen molar-refractivity contribution in [3.63, 3.8) is 0 Å². The quantitative estimate of drug-likeness (QED) is 0.468. The van der Waals surface area contributed by atoms with Gasteiger partial charge in [0, 0.05) is 5.69 Å². The van der Waals surface area contributed by atoms with Gasteiger partial charge in [0.1, 0.15) is 11.6 Å². The number of fused-ring (bicyclic) bond motifs is 1. The van der Waals surface area contributed by atoms with Crippen LogP contribution in [0.15, 0.2) is 54.6 Å². The molecule has 3 N–H and O–H groups in total. The fourth-order valence-electron chi connectivity index (χ4n) is 6.78. The summed E-state index contributed by atoms with van der Waals surface area (Å²) in [6, 6.07) is 14.4. The molecule has 2 aromatic rings. The Hall–Kier alpha value is -2.94. The van der Waals surface area contributed by atoms with Crippen LogP contribution in [0.2, 0.25) is 5.02 Å². The van der Waals surface area contributed by atoms with E-state index in [2.05, 4.69) is 10.6 Å². The van der Waals surface area contributed by atoms with Crippen LogP contribution in [0.5, 0.6) is 0 Å². The summed E-state index contributed by atoms with van der Waals surface area (Å²) in [7, 11) is 0. The number of carbonyl (C=O) groups excluding carboxylic acids is 3. The summed E-state index contributed by atoms with van der Waals surface area (Å²) in [5, 5.41) is 16.6. The van der Waals surface area contributed by atoms with Crippen molar-refractivity contribution in [2.24, 2.45) is 17.8 Å². The lowest BCUT2D eigenvalue weighted by atomic mass is 9.66. The lowest BCUT2D eigenvalue weighted by molar-refractivity contribution is -0.147. The Morgan fingerprint density at radius 2 is 1.76 bits per heavy atom. The molecule has 3 fully saturated rings. The minimum absolute atomic E-state index is 0.164. The van der Waals surface area contributed by atoms with E-state index in [0.717, 1.165) is 0 Å². The Labute approximate surface area is 227 Å². The third kappa shape index (κ3) is 4.28. The van der Waals surface area contributed by atoms with Crippen LogP contribution in [0.3, 0.4) is 0 Å². The summed E-state index contributed by atoms with van der Waals surface area (Å²) in [5.74, 6) is -2.56. The molecule has 1 spiro atoms. The Morgan fingerprint density at radius 3 is 2.42 bits per heavy atom. The van der Waals surface area contributed by atoms with Gasteiger partial charge >= 0.3 is 0 Å². The maximum atomic E-state index is 14.2. The minimum atomic E-state index is -1.19. The first kappa shape index (κ1) is 26.7. The zero-order valence-corrected chi connectivity index (χ0v) is 22.6. The summed E-state index contributed by atoms with van der Waals surface area (Å²) in [5.41, 5.74) is -1.05. The van der Waals surface area contributed by atoms with E-state index in [1.807, 2.05) is 39.0 Å². The zero-order chi connectivity index (χ0) is 27.2. The van der Waals surface area contributed by atoms with Gasteiger partial charge in [-0.05, 0) is 56.4 Å². The molecule has 3 aliphatic rings. The molecule has 6 atom stereocenters. The number of likely N-dealkylation sites (tertiary alicyclic amines) is 1. The number of rotatable bonds is 8. The molecule has 8 nitrogen and oxygen atoms in total. The van der Waals surface area contributed by atoms with E-state index < -0.39 is 41.0 Å². The van der Waals surface area contributed by atoms with Gasteiger partial charge in [-0.25, -0.2) is 0 Å². The molecule has 2 aromatic carbocycles. The van der Waals surface area contributed by atoms with Crippen LogP contribution in [0.4, 0.5) is 11.4 Å². The largest absolute Gasteiger partial charge is 0.394 e. The van der Waals surface area contributed by atoms with Crippen LogP contribution >= 0.6 is 11.6 Å². The molecule has 0 saturated carbocycles. The summed E-state index contributed by atoms with van der Waals surface area (Å²) in [6.45, 7) is 5.55. The topological polar surface area (TPSA) is 108 Å². The van der Waals surface area contributed by atoms with Crippen molar-refractivity contribution in [2.75, 3.05) is 17.2 Å². The number of nitrogens with one attached hydrogen (secondary N) is 2. The van der Waals surface area contributed by atoms with Crippen LogP contribution in [0, 0.1) is 17.8 Å². The van der Waals surface area contributed by atoms with Gasteiger partial charge < -0.3 is 25.4 Å². The molecule has 5 rings (SSSR count). The zero-order valence-electron chi connectivity index (χ0n) is 21.8. The standard InChI is InChI=1S/C29H34ClN3O5/c1-17(2)15-19(16-34)33-24(26(36)32-21-12-8-7-11-20(21)30)29-14-13-28(3,38-29)22(23(29)27(33)37)25(35)31-18-9-5-4-6-10-18/h4-12,17,19,22-24,34H,13-16H2,1-3H3,(H,31,35)(H,32,36)/t19-,22+,23+,24?,28-,29?/m1/s1. The molecule has 0 radical (unpaired) electrons. The third-order valence-corrected chi connectivity index (χ3v) is 8.60. The number of benzene rings is 2. The molecular weight excluding hydrogens is 506 g/mol. The predicted molar refractivity (Wildman–Crippen MR) is 145 cm³/mol. The van der Waals surface area contributed by atoms with Gasteiger partial charge in [0.15, 0.2) is 0 Å². The fourth-order valence-corrected chi connectivity index (χ4v) is 6.97. The van der Waals surface area contributed by atoms with Crippen molar-refractivity contribution < 1.29 is 24.2 Å². The summed E-state index contributed by atoms with van der Waals surface area (Å²) >= 11 is 6.33. The first-order valence-corrected chi connectivity index (χ1v) is 13.5. The van der Waals surface area contributed by atoms with Gasteiger partial charge in [-0.15, -0.1) is 0 Å². The molecule has 2 bridgehead atoms. The Balaban J connectivity index is 1.55. The molecule has 38 heavy (non-hydrogen) atoms. The van der Waals surface area contributed by atoms with Gasteiger partial charge in [-0.3, -0.25) is 14.4 Å². The Morgan fingerprint density at radius 1 is 1.08 bits per heavy atom. The summed E-state index contributed by atoms with van der Waals surface area (Å²) in [4.78, 5) is 43.4. The number of hydrogen-bond donors (Lipinski definition) is 3. The maximum Gasteiger partial charge on any atom is 0.250 e. The second-order valence-electron chi connectivity index (χ2n) is 11.3. The number of para-hydroxylation sites is 2. The van der Waals surface area contributed by atoms with E-state index in [1.165, 1.54) is 4.90 Å². The third-order valence-electron chi connectivity index (χ3n) is 8.27. The highest BCUT2D eigenvalue weighted by Gasteiger charge is 2.78. The molecule has 2 unspecified atom stereocenters. The molecule has 9 heteroatoms. The molecule has 202 valence electrons. The van der Waals surface area contributed by atoms with Crippen LogP contribution < -0.4 is 10.6 Å². The molecule has 0 aromatic heterocycles. The molecule has 3 aliphatic heterocycles. The lowest BCUT2D eigenvalue weighted by Gasteiger charge is -2.37. The number of aliphatic hydroxyl groups is 1. The highest BCUT2D eigenvalue weighted by molar-refractivity contribution is 6.33. The number of halogens is 1. The van der Waals surface area contributed by atoms with Crippen molar-refractivity contribution in [3.8, 4) is 0 Å². The van der Waals surface area contributed by atoms with Crippen molar-refractivity contribution in [3.05, 3.63) is 59.6 Å². The summed E-state index contributed by atoms with van der Waals surface area (Å²) < 4.78 is 6.65. The highest BCUT2D eigenvalue weighted by Crippen LogP contribution is 2.63. The first-order valence-electron chi connectivity index (χ1n) is 13.2. The van der Waals surface area contributed by atoms with Crippen molar-refractivity contribution >= 4 is 40.7 Å². The van der Waals surface area contributed by atoms with Crippen LogP contribution in [-0.4, -0.2) is 57.6 Å². The monoisotopic (exact) mass is 539 g/mol.